The van der Waals surface area contributed by atoms with E-state index in [9.17, 15) is 14.7 Å². The van der Waals surface area contributed by atoms with Gasteiger partial charge in [0.15, 0.2) is 0 Å². The summed E-state index contributed by atoms with van der Waals surface area (Å²) in [5, 5.41) is 24.2. The van der Waals surface area contributed by atoms with E-state index in [0.29, 0.717) is 6.54 Å². The van der Waals surface area contributed by atoms with E-state index in [2.05, 4.69) is 10.6 Å². The third kappa shape index (κ3) is 4.15. The average Bonchev–Trinajstić information content (AvgIpc) is 2.71. The zero-order chi connectivity index (χ0) is 13.5. The molecule has 0 aromatic carbocycles. The third-order valence-corrected chi connectivity index (χ3v) is 2.88. The largest absolute Gasteiger partial charge is 0.480 e. The van der Waals surface area contributed by atoms with Gasteiger partial charge in [0.2, 0.25) is 0 Å². The number of aliphatic carboxylic acids is 1. The molecule has 1 rings (SSSR count). The second-order valence-electron chi connectivity index (χ2n) is 4.33. The summed E-state index contributed by atoms with van der Waals surface area (Å²) in [6.45, 7) is 4.26. The number of aliphatic hydroxyl groups excluding tert-OH is 1. The molecule has 0 bridgehead atoms. The smallest absolute Gasteiger partial charge is 0.326 e. The van der Waals surface area contributed by atoms with Crippen LogP contribution in [0.15, 0.2) is 0 Å². The highest BCUT2D eigenvalue weighted by Crippen LogP contribution is 2.17. The summed E-state index contributed by atoms with van der Waals surface area (Å²) in [5.74, 6) is -1.07. The molecule has 2 atom stereocenters. The summed E-state index contributed by atoms with van der Waals surface area (Å²) < 4.78 is 0. The Morgan fingerprint density at radius 2 is 2.11 bits per heavy atom. The number of amides is 2. The number of rotatable bonds is 6. The molecule has 7 nitrogen and oxygen atoms in total. The van der Waals surface area contributed by atoms with Crippen molar-refractivity contribution in [1.29, 1.82) is 0 Å². The average molecular weight is 259 g/mol. The van der Waals surface area contributed by atoms with E-state index in [0.717, 1.165) is 19.5 Å². The van der Waals surface area contributed by atoms with Crippen molar-refractivity contribution < 1.29 is 19.8 Å². The fraction of sp³-hybridized carbons (Fsp3) is 0.818. The van der Waals surface area contributed by atoms with Gasteiger partial charge >= 0.3 is 12.0 Å². The van der Waals surface area contributed by atoms with Crippen molar-refractivity contribution in [3.05, 3.63) is 0 Å². The van der Waals surface area contributed by atoms with E-state index in [4.69, 9.17) is 5.11 Å². The lowest BCUT2D eigenvalue weighted by molar-refractivity contribution is -0.141. The molecule has 7 heteroatoms. The maximum Gasteiger partial charge on any atom is 0.326 e. The fourth-order valence-electron chi connectivity index (χ4n) is 1.96. The molecule has 4 N–H and O–H groups in total. The van der Waals surface area contributed by atoms with Crippen molar-refractivity contribution in [2.45, 2.75) is 31.9 Å². The Morgan fingerprint density at radius 1 is 1.39 bits per heavy atom. The number of nitrogens with one attached hydrogen (secondary N) is 2. The summed E-state index contributed by atoms with van der Waals surface area (Å²) in [5.41, 5.74) is 0. The summed E-state index contributed by atoms with van der Waals surface area (Å²) in [4.78, 5) is 23.9. The maximum absolute atomic E-state index is 11.8. The number of hydrogen-bond acceptors (Lipinski definition) is 4. The van der Waals surface area contributed by atoms with Gasteiger partial charge < -0.3 is 25.7 Å². The number of nitrogens with zero attached hydrogens (tertiary/aromatic N) is 1. The molecule has 0 spiro atoms. The SMILES string of the molecule is CCNCCCNC(=O)N1C[C@@H](O)C[C@H]1C(=O)O. The number of hydrogen-bond donors (Lipinski definition) is 4. The lowest BCUT2D eigenvalue weighted by Gasteiger charge is -2.21. The van der Waals surface area contributed by atoms with E-state index in [1.807, 2.05) is 6.92 Å². The van der Waals surface area contributed by atoms with Gasteiger partial charge in [-0.2, -0.15) is 0 Å². The summed E-state index contributed by atoms with van der Waals surface area (Å²) >= 11 is 0. The highest BCUT2D eigenvalue weighted by Gasteiger charge is 2.38. The zero-order valence-corrected chi connectivity index (χ0v) is 10.6. The minimum Gasteiger partial charge on any atom is -0.480 e. The van der Waals surface area contributed by atoms with Gasteiger partial charge in [0.25, 0.3) is 0 Å². The molecule has 1 saturated heterocycles. The predicted octanol–water partition coefficient (Wildman–Crippen LogP) is -0.785. The standard InChI is InChI=1S/C11H21N3O4/c1-2-12-4-3-5-13-11(18)14-7-8(15)6-9(14)10(16)17/h8-9,12,15H,2-7H2,1H3,(H,13,18)(H,16,17)/t8-,9-/m0/s1. The van der Waals surface area contributed by atoms with Crippen LogP contribution in [0.1, 0.15) is 19.8 Å². The van der Waals surface area contributed by atoms with Gasteiger partial charge in [0, 0.05) is 19.5 Å². The van der Waals surface area contributed by atoms with Crippen LogP contribution in [0.2, 0.25) is 0 Å². The van der Waals surface area contributed by atoms with Gasteiger partial charge in [-0.1, -0.05) is 6.92 Å². The Balaban J connectivity index is 2.33. The van der Waals surface area contributed by atoms with E-state index in [-0.39, 0.29) is 13.0 Å². The molecule has 0 aromatic rings. The first kappa shape index (κ1) is 14.7. The van der Waals surface area contributed by atoms with E-state index in [1.165, 1.54) is 4.90 Å². The second kappa shape index (κ2) is 7.17. The van der Waals surface area contributed by atoms with Crippen LogP contribution in [0.4, 0.5) is 4.79 Å². The topological polar surface area (TPSA) is 102 Å². The van der Waals surface area contributed by atoms with E-state index < -0.39 is 24.1 Å². The van der Waals surface area contributed by atoms with Crippen molar-refractivity contribution >= 4 is 12.0 Å². The van der Waals surface area contributed by atoms with Crippen LogP contribution in [0.3, 0.4) is 0 Å². The number of β-amino-alcohol motifs (C(OH)–C–C–N with tert-alkyl or cyclic N) is 1. The van der Waals surface area contributed by atoms with Crippen molar-refractivity contribution in [2.24, 2.45) is 0 Å². The number of aliphatic hydroxyl groups is 1. The molecular formula is C11H21N3O4. The van der Waals surface area contributed by atoms with Gasteiger partial charge in [-0.25, -0.2) is 9.59 Å². The quantitative estimate of drug-likeness (QED) is 0.468. The van der Waals surface area contributed by atoms with Crippen molar-refractivity contribution in [1.82, 2.24) is 15.5 Å². The van der Waals surface area contributed by atoms with Gasteiger partial charge in [0.05, 0.1) is 6.10 Å². The number of carboxylic acids is 1. The molecule has 0 aromatic heterocycles. The Kier molecular flexibility index (Phi) is 5.87. The second-order valence-corrected chi connectivity index (χ2v) is 4.33. The molecule has 18 heavy (non-hydrogen) atoms. The van der Waals surface area contributed by atoms with Gasteiger partial charge in [-0.05, 0) is 19.5 Å². The Bertz CT molecular complexity index is 298. The first-order valence-electron chi connectivity index (χ1n) is 6.22. The third-order valence-electron chi connectivity index (χ3n) is 2.88. The molecule has 0 saturated carbocycles. The minimum atomic E-state index is -1.07. The van der Waals surface area contributed by atoms with Crippen LogP contribution in [-0.2, 0) is 4.79 Å². The van der Waals surface area contributed by atoms with Crippen LogP contribution < -0.4 is 10.6 Å². The Hall–Kier alpha value is -1.34. The molecule has 0 aliphatic carbocycles. The summed E-state index contributed by atoms with van der Waals surface area (Å²) in [6, 6.07) is -1.34. The molecule has 104 valence electrons. The van der Waals surface area contributed by atoms with Crippen LogP contribution in [0.5, 0.6) is 0 Å². The van der Waals surface area contributed by atoms with E-state index >= 15 is 0 Å². The Labute approximate surface area is 106 Å². The lowest BCUT2D eigenvalue weighted by atomic mass is 10.2. The molecule has 1 fully saturated rings. The monoisotopic (exact) mass is 259 g/mol. The van der Waals surface area contributed by atoms with Crippen molar-refractivity contribution in [2.75, 3.05) is 26.2 Å². The van der Waals surface area contributed by atoms with Crippen LogP contribution >= 0.6 is 0 Å². The first-order chi connectivity index (χ1) is 8.56. The molecule has 1 heterocycles. The summed E-state index contributed by atoms with van der Waals surface area (Å²) in [7, 11) is 0. The molecule has 0 unspecified atom stereocenters. The number of carbonyl (C=O) groups is 2. The van der Waals surface area contributed by atoms with Crippen LogP contribution in [0, 0.1) is 0 Å². The van der Waals surface area contributed by atoms with Gasteiger partial charge in [-0.3, -0.25) is 0 Å². The number of urea groups is 1. The van der Waals surface area contributed by atoms with Crippen LogP contribution in [-0.4, -0.2) is 65.4 Å². The molecule has 1 aliphatic heterocycles. The fourth-order valence-corrected chi connectivity index (χ4v) is 1.96. The number of likely N-dealkylation sites (tertiary alicyclic amines) is 1. The maximum atomic E-state index is 11.8. The van der Waals surface area contributed by atoms with Crippen molar-refractivity contribution in [3.8, 4) is 0 Å². The molecule has 2 amide bonds. The minimum absolute atomic E-state index is 0.0794. The summed E-state index contributed by atoms with van der Waals surface area (Å²) in [6.07, 6.45) is 0.132. The lowest BCUT2D eigenvalue weighted by Crippen LogP contribution is -2.46. The normalized spacial score (nSPS) is 23.1. The highest BCUT2D eigenvalue weighted by atomic mass is 16.4. The number of carboxylic acid groups (broad SMARTS) is 1. The Morgan fingerprint density at radius 3 is 2.72 bits per heavy atom. The number of carbonyl (C=O) groups excluding carboxylic acids is 1. The van der Waals surface area contributed by atoms with Gasteiger partial charge in [0.1, 0.15) is 6.04 Å². The molecule has 0 radical (unpaired) electrons. The highest BCUT2D eigenvalue weighted by molar-refractivity contribution is 5.83. The molecule has 1 aliphatic rings. The van der Waals surface area contributed by atoms with Crippen molar-refractivity contribution in [3.63, 3.8) is 0 Å². The van der Waals surface area contributed by atoms with E-state index in [1.54, 1.807) is 0 Å². The first-order valence-corrected chi connectivity index (χ1v) is 6.22. The van der Waals surface area contributed by atoms with Gasteiger partial charge in [-0.15, -0.1) is 0 Å². The molecular weight excluding hydrogens is 238 g/mol. The zero-order valence-electron chi connectivity index (χ0n) is 10.6. The van der Waals surface area contributed by atoms with Crippen LogP contribution in [0.25, 0.3) is 0 Å². The predicted molar refractivity (Wildman–Crippen MR) is 65.3 cm³/mol.